The summed E-state index contributed by atoms with van der Waals surface area (Å²) in [6.45, 7) is 8.17. The number of nitrogens with one attached hydrogen (secondary N) is 2. The standard InChI is InChI=1S/C30H30N4O2/c1-30(2,3)23-6-4-7-24(18-23)34-29(35)21-9-8-20-10-11-25(17-22(20)16-21)36-26-12-15-31-27(19-26)28-32-13-5-14-33-28/h4,6-12,15-19H,5,13-14H2,1-3H3,(H,32,33)(H,34,35). The first-order chi connectivity index (χ1) is 17.3. The van der Waals surface area contributed by atoms with Crippen LogP contribution in [0.4, 0.5) is 5.69 Å². The van der Waals surface area contributed by atoms with E-state index in [1.807, 2.05) is 66.7 Å². The first-order valence-electron chi connectivity index (χ1n) is 12.2. The fourth-order valence-corrected chi connectivity index (χ4v) is 4.14. The van der Waals surface area contributed by atoms with Crippen LogP contribution in [0, 0.1) is 0 Å². The van der Waals surface area contributed by atoms with Crippen molar-refractivity contribution >= 4 is 28.2 Å². The predicted molar refractivity (Wildman–Crippen MR) is 145 cm³/mol. The molecule has 6 nitrogen and oxygen atoms in total. The Balaban J connectivity index is 1.35. The van der Waals surface area contributed by atoms with Crippen LogP contribution >= 0.6 is 0 Å². The highest BCUT2D eigenvalue weighted by Gasteiger charge is 2.15. The van der Waals surface area contributed by atoms with Crippen LogP contribution in [0.15, 0.2) is 84.0 Å². The topological polar surface area (TPSA) is 75.6 Å². The van der Waals surface area contributed by atoms with Crippen LogP contribution < -0.4 is 15.4 Å². The molecule has 4 aromatic rings. The molecule has 36 heavy (non-hydrogen) atoms. The van der Waals surface area contributed by atoms with E-state index in [9.17, 15) is 4.79 Å². The number of pyridine rings is 1. The number of hydrogen-bond donors (Lipinski definition) is 2. The monoisotopic (exact) mass is 478 g/mol. The molecular formula is C30H30N4O2. The number of amidine groups is 1. The van der Waals surface area contributed by atoms with E-state index in [1.54, 1.807) is 6.20 Å². The summed E-state index contributed by atoms with van der Waals surface area (Å²) in [5, 5.41) is 8.28. The Morgan fingerprint density at radius 2 is 1.78 bits per heavy atom. The van der Waals surface area contributed by atoms with Gasteiger partial charge in [0.2, 0.25) is 0 Å². The van der Waals surface area contributed by atoms with Gasteiger partial charge in [0.25, 0.3) is 5.91 Å². The lowest BCUT2D eigenvalue weighted by atomic mass is 9.87. The number of anilines is 1. The summed E-state index contributed by atoms with van der Waals surface area (Å²) >= 11 is 0. The third-order valence-electron chi connectivity index (χ3n) is 6.17. The molecule has 0 atom stereocenters. The van der Waals surface area contributed by atoms with Crippen LogP contribution in [0.1, 0.15) is 48.8 Å². The second-order valence-electron chi connectivity index (χ2n) is 10.00. The molecule has 1 aliphatic heterocycles. The van der Waals surface area contributed by atoms with Crippen molar-refractivity contribution in [3.05, 3.63) is 95.8 Å². The van der Waals surface area contributed by atoms with Crippen molar-refractivity contribution in [1.82, 2.24) is 10.3 Å². The fourth-order valence-electron chi connectivity index (χ4n) is 4.14. The quantitative estimate of drug-likeness (QED) is 0.352. The Hall–Kier alpha value is -4.19. The third kappa shape index (κ3) is 5.38. The average Bonchev–Trinajstić information content (AvgIpc) is 2.88. The number of rotatable bonds is 5. The van der Waals surface area contributed by atoms with Crippen molar-refractivity contribution in [2.24, 2.45) is 4.99 Å². The van der Waals surface area contributed by atoms with Gasteiger partial charge in [-0.25, -0.2) is 0 Å². The average molecular weight is 479 g/mol. The Kier molecular flexibility index (Phi) is 6.42. The van der Waals surface area contributed by atoms with Crippen molar-refractivity contribution in [2.75, 3.05) is 18.4 Å². The van der Waals surface area contributed by atoms with Crippen LogP contribution in [0.5, 0.6) is 11.5 Å². The SMILES string of the molecule is CC(C)(C)c1cccc(NC(=O)c2ccc3ccc(Oc4ccnc(C5=NCCCN5)c4)cc3c2)c1. The molecule has 6 heteroatoms. The summed E-state index contributed by atoms with van der Waals surface area (Å²) in [6.07, 6.45) is 2.75. The summed E-state index contributed by atoms with van der Waals surface area (Å²) in [5.41, 5.74) is 3.33. The smallest absolute Gasteiger partial charge is 0.255 e. The summed E-state index contributed by atoms with van der Waals surface area (Å²) in [7, 11) is 0. The molecule has 1 aliphatic rings. The molecule has 3 aromatic carbocycles. The highest BCUT2D eigenvalue weighted by molar-refractivity contribution is 6.06. The summed E-state index contributed by atoms with van der Waals surface area (Å²) < 4.78 is 6.14. The molecule has 0 saturated carbocycles. The first kappa shape index (κ1) is 23.5. The van der Waals surface area contributed by atoms with E-state index in [1.165, 1.54) is 5.56 Å². The summed E-state index contributed by atoms with van der Waals surface area (Å²) in [5.74, 6) is 2.03. The lowest BCUT2D eigenvalue weighted by Gasteiger charge is -2.20. The zero-order valence-electron chi connectivity index (χ0n) is 20.8. The zero-order chi connectivity index (χ0) is 25.1. The molecule has 182 valence electrons. The van der Waals surface area contributed by atoms with Crippen LogP contribution in [0.3, 0.4) is 0 Å². The van der Waals surface area contributed by atoms with Gasteiger partial charge in [-0.05, 0) is 70.6 Å². The van der Waals surface area contributed by atoms with Crippen molar-refractivity contribution in [3.63, 3.8) is 0 Å². The molecule has 5 rings (SSSR count). The van der Waals surface area contributed by atoms with E-state index in [0.29, 0.717) is 17.1 Å². The Labute approximate surface area is 211 Å². The molecule has 0 bridgehead atoms. The van der Waals surface area contributed by atoms with Gasteiger partial charge in [-0.15, -0.1) is 0 Å². The van der Waals surface area contributed by atoms with Crippen LogP contribution in [0.25, 0.3) is 10.8 Å². The van der Waals surface area contributed by atoms with Gasteiger partial charge < -0.3 is 15.4 Å². The molecule has 0 aliphatic carbocycles. The number of aromatic nitrogens is 1. The third-order valence-corrected chi connectivity index (χ3v) is 6.17. The maximum Gasteiger partial charge on any atom is 0.255 e. The normalized spacial score (nSPS) is 13.6. The van der Waals surface area contributed by atoms with Gasteiger partial charge in [0, 0.05) is 36.6 Å². The van der Waals surface area contributed by atoms with Gasteiger partial charge in [-0.3, -0.25) is 14.8 Å². The van der Waals surface area contributed by atoms with Crippen LogP contribution in [-0.4, -0.2) is 29.8 Å². The van der Waals surface area contributed by atoms with Gasteiger partial charge in [-0.1, -0.05) is 45.0 Å². The lowest BCUT2D eigenvalue weighted by Crippen LogP contribution is -2.30. The van der Waals surface area contributed by atoms with Crippen molar-refractivity contribution in [3.8, 4) is 11.5 Å². The molecule has 2 heterocycles. The van der Waals surface area contributed by atoms with E-state index in [0.717, 1.165) is 47.5 Å². The molecular weight excluding hydrogens is 448 g/mol. The summed E-state index contributed by atoms with van der Waals surface area (Å²) in [4.78, 5) is 21.9. The first-order valence-corrected chi connectivity index (χ1v) is 12.2. The van der Waals surface area contributed by atoms with Crippen molar-refractivity contribution < 1.29 is 9.53 Å². The number of fused-ring (bicyclic) bond motifs is 1. The minimum Gasteiger partial charge on any atom is -0.457 e. The van der Waals surface area contributed by atoms with Gasteiger partial charge in [0.05, 0.1) is 0 Å². The minimum absolute atomic E-state index is 0.00996. The molecule has 0 saturated heterocycles. The zero-order valence-corrected chi connectivity index (χ0v) is 20.8. The second-order valence-corrected chi connectivity index (χ2v) is 10.00. The molecule has 2 N–H and O–H groups in total. The van der Waals surface area contributed by atoms with E-state index in [-0.39, 0.29) is 11.3 Å². The highest BCUT2D eigenvalue weighted by Crippen LogP contribution is 2.28. The van der Waals surface area contributed by atoms with Crippen LogP contribution in [-0.2, 0) is 5.41 Å². The lowest BCUT2D eigenvalue weighted by molar-refractivity contribution is 0.102. The maximum atomic E-state index is 13.0. The van der Waals surface area contributed by atoms with E-state index >= 15 is 0 Å². The molecule has 0 fully saturated rings. The number of amides is 1. The second kappa shape index (κ2) is 9.82. The largest absolute Gasteiger partial charge is 0.457 e. The van der Waals surface area contributed by atoms with Crippen molar-refractivity contribution in [2.45, 2.75) is 32.6 Å². The van der Waals surface area contributed by atoms with E-state index in [2.05, 4.69) is 47.4 Å². The Morgan fingerprint density at radius 3 is 2.58 bits per heavy atom. The number of hydrogen-bond acceptors (Lipinski definition) is 5. The summed E-state index contributed by atoms with van der Waals surface area (Å²) in [6, 6.07) is 23.3. The molecule has 1 amide bonds. The number of carbonyl (C=O) groups is 1. The number of carbonyl (C=O) groups excluding carboxylic acids is 1. The van der Waals surface area contributed by atoms with E-state index in [4.69, 9.17) is 4.74 Å². The van der Waals surface area contributed by atoms with Crippen molar-refractivity contribution in [1.29, 1.82) is 0 Å². The van der Waals surface area contributed by atoms with Gasteiger partial charge >= 0.3 is 0 Å². The number of aliphatic imine (C=N–C) groups is 1. The Morgan fingerprint density at radius 1 is 0.944 bits per heavy atom. The molecule has 1 aromatic heterocycles. The van der Waals surface area contributed by atoms with Crippen LogP contribution in [0.2, 0.25) is 0 Å². The number of benzene rings is 3. The van der Waals surface area contributed by atoms with Gasteiger partial charge in [0.1, 0.15) is 23.0 Å². The number of nitrogens with zero attached hydrogens (tertiary/aromatic N) is 2. The van der Waals surface area contributed by atoms with E-state index < -0.39 is 0 Å². The van der Waals surface area contributed by atoms with Gasteiger partial charge in [0.15, 0.2) is 0 Å². The predicted octanol–water partition coefficient (Wildman–Crippen LogP) is 6.32. The molecule has 0 spiro atoms. The fraction of sp³-hybridized carbons (Fsp3) is 0.233. The Bertz CT molecular complexity index is 1450. The molecule has 0 radical (unpaired) electrons. The molecule has 0 unspecified atom stereocenters. The van der Waals surface area contributed by atoms with Gasteiger partial charge in [-0.2, -0.15) is 0 Å². The number of ether oxygens (including phenoxy) is 1. The maximum absolute atomic E-state index is 13.0. The minimum atomic E-state index is -0.145. The highest BCUT2D eigenvalue weighted by atomic mass is 16.5.